The first-order valence-electron chi connectivity index (χ1n) is 11.9. The number of pyridine rings is 1. The molecule has 1 aliphatic carbocycles. The van der Waals surface area contributed by atoms with E-state index < -0.39 is 11.0 Å². The Balaban J connectivity index is 1.12. The first kappa shape index (κ1) is 20.9. The predicted octanol–water partition coefficient (Wildman–Crippen LogP) is 4.03. The second-order valence-corrected chi connectivity index (χ2v) is 9.43. The van der Waals surface area contributed by atoms with Gasteiger partial charge in [0.05, 0.1) is 24.1 Å². The highest BCUT2D eigenvalue weighted by Crippen LogP contribution is 2.52. The minimum Gasteiger partial charge on any atom is -0.493 e. The highest BCUT2D eigenvalue weighted by molar-refractivity contribution is 5.96. The summed E-state index contributed by atoms with van der Waals surface area (Å²) in [6.07, 6.45) is 4.85. The van der Waals surface area contributed by atoms with Crippen LogP contribution in [0, 0.1) is 0 Å². The number of esters is 1. The van der Waals surface area contributed by atoms with Gasteiger partial charge < -0.3 is 14.4 Å². The van der Waals surface area contributed by atoms with Gasteiger partial charge >= 0.3 is 5.97 Å². The molecule has 3 aliphatic rings. The van der Waals surface area contributed by atoms with Crippen molar-refractivity contribution >= 4 is 11.9 Å². The second-order valence-electron chi connectivity index (χ2n) is 9.43. The van der Waals surface area contributed by atoms with Crippen LogP contribution in [-0.2, 0) is 27.0 Å². The maximum absolute atomic E-state index is 13.6. The number of carbonyl (C=O) groups is 2. The number of aromatic nitrogens is 1. The Labute approximate surface area is 198 Å². The molecule has 1 aromatic heterocycles. The molecule has 2 aliphatic heterocycles. The molecule has 0 radical (unpaired) electrons. The summed E-state index contributed by atoms with van der Waals surface area (Å²) in [5.41, 5.74) is 2.38. The van der Waals surface area contributed by atoms with E-state index in [-0.39, 0.29) is 11.9 Å². The highest BCUT2D eigenvalue weighted by Gasteiger charge is 2.57. The average molecular weight is 455 g/mol. The summed E-state index contributed by atoms with van der Waals surface area (Å²) in [6.45, 7) is 1.57. The molecule has 1 saturated heterocycles. The number of hydrogen-bond acceptors (Lipinski definition) is 5. The monoisotopic (exact) mass is 454 g/mol. The third kappa shape index (κ3) is 3.45. The molecule has 6 rings (SSSR count). The Morgan fingerprint density at radius 2 is 1.79 bits per heavy atom. The number of amides is 1. The fraction of sp³-hybridized carbons (Fsp3) is 0.321. The van der Waals surface area contributed by atoms with Crippen molar-refractivity contribution in [3.05, 3.63) is 95.3 Å². The van der Waals surface area contributed by atoms with Crippen LogP contribution < -0.4 is 4.74 Å². The van der Waals surface area contributed by atoms with Crippen molar-refractivity contribution in [3.8, 4) is 5.75 Å². The molecule has 1 amide bonds. The van der Waals surface area contributed by atoms with Crippen molar-refractivity contribution in [1.82, 2.24) is 9.88 Å². The van der Waals surface area contributed by atoms with Gasteiger partial charge in [-0.3, -0.25) is 9.78 Å². The zero-order valence-electron chi connectivity index (χ0n) is 18.9. The summed E-state index contributed by atoms with van der Waals surface area (Å²) in [4.78, 5) is 32.2. The van der Waals surface area contributed by atoms with Gasteiger partial charge in [0.25, 0.3) is 0 Å². The standard InChI is InChI=1S/C28H26N2O4/c31-25-23-6-1-2-7-24(23)28(34-25)15-17-30(19-28)26(32)27(13-14-27)20-8-10-22(11-9-20)33-18-12-21-5-3-4-16-29-21/h1-11,16H,12-15,17-19H2/t28-/m0/s1. The third-order valence-electron chi connectivity index (χ3n) is 7.36. The summed E-state index contributed by atoms with van der Waals surface area (Å²) in [5.74, 6) is 0.635. The molecule has 172 valence electrons. The number of ether oxygens (including phenoxy) is 2. The number of hydrogen-bond donors (Lipinski definition) is 0. The number of carbonyl (C=O) groups excluding carboxylic acids is 2. The lowest BCUT2D eigenvalue weighted by atomic mass is 9.91. The molecule has 3 heterocycles. The van der Waals surface area contributed by atoms with Gasteiger partial charge in [0, 0.05) is 36.8 Å². The van der Waals surface area contributed by atoms with Crippen molar-refractivity contribution in [2.75, 3.05) is 19.7 Å². The fourth-order valence-electron chi connectivity index (χ4n) is 5.35. The van der Waals surface area contributed by atoms with E-state index in [0.29, 0.717) is 31.7 Å². The summed E-state index contributed by atoms with van der Waals surface area (Å²) >= 11 is 0. The van der Waals surface area contributed by atoms with Crippen LogP contribution in [0.3, 0.4) is 0 Å². The zero-order valence-corrected chi connectivity index (χ0v) is 18.9. The van der Waals surface area contributed by atoms with E-state index >= 15 is 0 Å². The topological polar surface area (TPSA) is 68.7 Å². The SMILES string of the molecule is O=C1O[C@]2(CCN(C(=O)C3(c4ccc(OCCc5ccccn5)cc4)CC3)C2)c2ccccc21. The fourth-order valence-corrected chi connectivity index (χ4v) is 5.35. The van der Waals surface area contributed by atoms with Gasteiger partial charge in [-0.25, -0.2) is 4.79 Å². The Kier molecular flexibility index (Phi) is 4.90. The number of fused-ring (bicyclic) bond motifs is 2. The van der Waals surface area contributed by atoms with Gasteiger partial charge in [-0.1, -0.05) is 36.4 Å². The zero-order chi connectivity index (χ0) is 23.2. The van der Waals surface area contributed by atoms with Gasteiger partial charge in [0.1, 0.15) is 5.75 Å². The largest absolute Gasteiger partial charge is 0.493 e. The van der Waals surface area contributed by atoms with Crippen LogP contribution in [0.25, 0.3) is 0 Å². The van der Waals surface area contributed by atoms with Gasteiger partial charge in [-0.15, -0.1) is 0 Å². The molecule has 34 heavy (non-hydrogen) atoms. The van der Waals surface area contributed by atoms with Crippen LogP contribution in [0.5, 0.6) is 5.75 Å². The first-order chi connectivity index (χ1) is 16.6. The normalized spacial score (nSPS) is 21.9. The molecule has 1 spiro atoms. The molecule has 0 bridgehead atoms. The van der Waals surface area contributed by atoms with E-state index in [4.69, 9.17) is 9.47 Å². The Morgan fingerprint density at radius 3 is 2.56 bits per heavy atom. The number of likely N-dealkylation sites (tertiary alicyclic amines) is 1. The van der Waals surface area contributed by atoms with Crippen molar-refractivity contribution in [1.29, 1.82) is 0 Å². The molecule has 2 fully saturated rings. The van der Waals surface area contributed by atoms with E-state index in [1.807, 2.05) is 65.6 Å². The molecule has 6 heteroatoms. The van der Waals surface area contributed by atoms with Crippen molar-refractivity contribution in [2.45, 2.75) is 36.7 Å². The van der Waals surface area contributed by atoms with Gasteiger partial charge in [-0.2, -0.15) is 0 Å². The Morgan fingerprint density at radius 1 is 1.00 bits per heavy atom. The van der Waals surface area contributed by atoms with Crippen molar-refractivity contribution in [3.63, 3.8) is 0 Å². The smallest absolute Gasteiger partial charge is 0.339 e. The van der Waals surface area contributed by atoms with E-state index in [9.17, 15) is 9.59 Å². The Hall–Kier alpha value is -3.67. The highest BCUT2D eigenvalue weighted by atomic mass is 16.6. The summed E-state index contributed by atoms with van der Waals surface area (Å²) in [5, 5.41) is 0. The van der Waals surface area contributed by atoms with Crippen LogP contribution in [0.15, 0.2) is 72.9 Å². The van der Waals surface area contributed by atoms with E-state index in [1.165, 1.54) is 0 Å². The molecular weight excluding hydrogens is 428 g/mol. The quantitative estimate of drug-likeness (QED) is 0.526. The molecule has 1 atom stereocenters. The molecule has 0 N–H and O–H groups in total. The lowest BCUT2D eigenvalue weighted by molar-refractivity contribution is -0.134. The molecule has 6 nitrogen and oxygen atoms in total. The minimum atomic E-state index is -0.704. The maximum Gasteiger partial charge on any atom is 0.339 e. The van der Waals surface area contributed by atoms with E-state index in [2.05, 4.69) is 4.98 Å². The van der Waals surface area contributed by atoms with Crippen molar-refractivity contribution in [2.24, 2.45) is 0 Å². The molecule has 1 saturated carbocycles. The van der Waals surface area contributed by atoms with Crippen LogP contribution in [0.4, 0.5) is 0 Å². The average Bonchev–Trinajstić information content (AvgIpc) is 3.51. The van der Waals surface area contributed by atoms with Crippen LogP contribution >= 0.6 is 0 Å². The molecule has 3 aromatic rings. The van der Waals surface area contributed by atoms with E-state index in [0.717, 1.165) is 41.8 Å². The molecular formula is C28H26N2O4. The van der Waals surface area contributed by atoms with Crippen molar-refractivity contribution < 1.29 is 19.1 Å². The van der Waals surface area contributed by atoms with Crippen LogP contribution in [0.1, 0.15) is 46.4 Å². The van der Waals surface area contributed by atoms with E-state index in [1.54, 1.807) is 12.3 Å². The van der Waals surface area contributed by atoms with Crippen LogP contribution in [0.2, 0.25) is 0 Å². The van der Waals surface area contributed by atoms with Gasteiger partial charge in [0.2, 0.25) is 5.91 Å². The van der Waals surface area contributed by atoms with Gasteiger partial charge in [-0.05, 0) is 48.7 Å². The third-order valence-corrected chi connectivity index (χ3v) is 7.36. The summed E-state index contributed by atoms with van der Waals surface area (Å²) < 4.78 is 11.7. The second kappa shape index (κ2) is 7.97. The van der Waals surface area contributed by atoms with Crippen LogP contribution in [-0.4, -0.2) is 41.5 Å². The first-order valence-corrected chi connectivity index (χ1v) is 11.9. The predicted molar refractivity (Wildman–Crippen MR) is 126 cm³/mol. The number of rotatable bonds is 6. The van der Waals surface area contributed by atoms with Gasteiger partial charge in [0.15, 0.2) is 5.60 Å². The number of nitrogens with zero attached hydrogens (tertiary/aromatic N) is 2. The summed E-state index contributed by atoms with van der Waals surface area (Å²) in [7, 11) is 0. The maximum atomic E-state index is 13.6. The minimum absolute atomic E-state index is 0.133. The Bertz CT molecular complexity index is 1240. The lowest BCUT2D eigenvalue weighted by Gasteiger charge is -2.27. The lowest BCUT2D eigenvalue weighted by Crippen LogP contribution is -2.40. The summed E-state index contributed by atoms with van der Waals surface area (Å²) in [6, 6.07) is 21.3. The number of benzene rings is 2. The molecule has 0 unspecified atom stereocenters. The molecule has 2 aromatic carbocycles.